The molecule has 0 aromatic carbocycles. The fourth-order valence-electron chi connectivity index (χ4n) is 2.30. The molecule has 0 spiro atoms. The molecular formula is C11H11ClN2. The van der Waals surface area contributed by atoms with E-state index in [0.717, 1.165) is 17.1 Å². The zero-order chi connectivity index (χ0) is 9.71. The van der Waals surface area contributed by atoms with Crippen LogP contribution in [-0.4, -0.2) is 9.38 Å². The van der Waals surface area contributed by atoms with Gasteiger partial charge in [0.05, 0.1) is 10.7 Å². The van der Waals surface area contributed by atoms with Gasteiger partial charge in [0.2, 0.25) is 0 Å². The maximum atomic E-state index is 6.09. The van der Waals surface area contributed by atoms with Crippen LogP contribution < -0.4 is 0 Å². The second kappa shape index (κ2) is 2.74. The summed E-state index contributed by atoms with van der Waals surface area (Å²) in [5, 5.41) is 0.745. The van der Waals surface area contributed by atoms with Crippen LogP contribution in [0.25, 0.3) is 5.65 Å². The first-order valence-corrected chi connectivity index (χ1v) is 5.30. The zero-order valence-electron chi connectivity index (χ0n) is 8.00. The van der Waals surface area contributed by atoms with E-state index in [-0.39, 0.29) is 0 Å². The Kier molecular flexibility index (Phi) is 1.62. The van der Waals surface area contributed by atoms with Gasteiger partial charge in [0, 0.05) is 11.9 Å². The zero-order valence-corrected chi connectivity index (χ0v) is 8.75. The first-order chi connectivity index (χ1) is 6.77. The van der Waals surface area contributed by atoms with Gasteiger partial charge in [-0.05, 0) is 30.9 Å². The summed E-state index contributed by atoms with van der Waals surface area (Å²) in [7, 11) is 0. The Hall–Kier alpha value is -1.02. The van der Waals surface area contributed by atoms with E-state index in [0.29, 0.717) is 5.92 Å². The van der Waals surface area contributed by atoms with Crippen molar-refractivity contribution < 1.29 is 0 Å². The van der Waals surface area contributed by atoms with Crippen LogP contribution in [0, 0.1) is 0 Å². The number of pyridine rings is 1. The highest BCUT2D eigenvalue weighted by Gasteiger charge is 2.24. The Morgan fingerprint density at radius 2 is 2.43 bits per heavy atom. The maximum Gasteiger partial charge on any atom is 0.156 e. The van der Waals surface area contributed by atoms with Gasteiger partial charge in [-0.1, -0.05) is 18.5 Å². The van der Waals surface area contributed by atoms with Crippen LogP contribution in [0.4, 0.5) is 0 Å². The van der Waals surface area contributed by atoms with Gasteiger partial charge < -0.3 is 4.40 Å². The van der Waals surface area contributed by atoms with Crippen LogP contribution in [0.1, 0.15) is 30.7 Å². The molecule has 1 unspecified atom stereocenters. The number of hydrogen-bond acceptors (Lipinski definition) is 1. The molecule has 14 heavy (non-hydrogen) atoms. The average Bonchev–Trinajstić information content (AvgIpc) is 2.68. The number of aryl methyl sites for hydroxylation is 1. The maximum absolute atomic E-state index is 6.09. The van der Waals surface area contributed by atoms with E-state index in [9.17, 15) is 0 Å². The van der Waals surface area contributed by atoms with Crippen molar-refractivity contribution in [1.29, 1.82) is 0 Å². The molecule has 0 radical (unpaired) electrons. The minimum atomic E-state index is 0.610. The van der Waals surface area contributed by atoms with E-state index in [1.807, 2.05) is 12.1 Å². The topological polar surface area (TPSA) is 17.3 Å². The van der Waals surface area contributed by atoms with Gasteiger partial charge in [-0.3, -0.25) is 0 Å². The van der Waals surface area contributed by atoms with Crippen molar-refractivity contribution in [1.82, 2.24) is 9.38 Å². The SMILES string of the molecule is CC1CCc2nc3c(Cl)cccn3c21. The lowest BCUT2D eigenvalue weighted by atomic mass is 10.1. The van der Waals surface area contributed by atoms with Crippen LogP contribution in [0.5, 0.6) is 0 Å². The predicted molar refractivity (Wildman–Crippen MR) is 56.9 cm³/mol. The van der Waals surface area contributed by atoms with Crippen LogP contribution in [0.2, 0.25) is 5.02 Å². The number of hydrogen-bond donors (Lipinski definition) is 0. The summed E-state index contributed by atoms with van der Waals surface area (Å²) in [6.45, 7) is 2.25. The molecule has 0 amide bonds. The molecule has 3 heteroatoms. The second-order valence-electron chi connectivity index (χ2n) is 3.93. The third-order valence-corrected chi connectivity index (χ3v) is 3.29. The number of nitrogens with zero attached hydrogens (tertiary/aromatic N) is 2. The smallest absolute Gasteiger partial charge is 0.156 e. The lowest BCUT2D eigenvalue weighted by Gasteiger charge is -2.04. The monoisotopic (exact) mass is 206 g/mol. The van der Waals surface area contributed by atoms with Gasteiger partial charge in [-0.25, -0.2) is 4.98 Å². The highest BCUT2D eigenvalue weighted by Crippen LogP contribution is 2.34. The summed E-state index contributed by atoms with van der Waals surface area (Å²) < 4.78 is 2.13. The first kappa shape index (κ1) is 8.30. The molecule has 2 aromatic rings. The van der Waals surface area contributed by atoms with Crippen LogP contribution in [0.15, 0.2) is 18.3 Å². The molecule has 0 N–H and O–H groups in total. The Labute approximate surface area is 87.5 Å². The molecular weight excluding hydrogens is 196 g/mol. The molecule has 1 aliphatic carbocycles. The number of aromatic nitrogens is 2. The molecule has 2 aromatic heterocycles. The van der Waals surface area contributed by atoms with Gasteiger partial charge in [0.15, 0.2) is 5.65 Å². The molecule has 0 saturated heterocycles. The Morgan fingerprint density at radius 3 is 3.29 bits per heavy atom. The predicted octanol–water partition coefficient (Wildman–Crippen LogP) is 3.04. The Bertz CT molecular complexity index is 501. The number of halogens is 1. The fraction of sp³-hybridized carbons (Fsp3) is 0.364. The van der Waals surface area contributed by atoms with Crippen LogP contribution in [0.3, 0.4) is 0 Å². The first-order valence-electron chi connectivity index (χ1n) is 4.92. The summed E-state index contributed by atoms with van der Waals surface area (Å²) in [6.07, 6.45) is 4.36. The van der Waals surface area contributed by atoms with Gasteiger partial charge in [0.1, 0.15) is 0 Å². The standard InChI is InChI=1S/C11H11ClN2/c1-7-4-5-9-10(7)14-6-2-3-8(12)11(14)13-9/h2-3,6-7H,4-5H2,1H3. The summed E-state index contributed by atoms with van der Waals surface area (Å²) in [5.41, 5.74) is 3.49. The van der Waals surface area contributed by atoms with E-state index in [1.54, 1.807) is 0 Å². The third kappa shape index (κ3) is 0.947. The van der Waals surface area contributed by atoms with E-state index in [2.05, 4.69) is 22.5 Å². The van der Waals surface area contributed by atoms with Gasteiger partial charge in [0.25, 0.3) is 0 Å². The quantitative estimate of drug-likeness (QED) is 0.648. The molecule has 1 atom stereocenters. The largest absolute Gasteiger partial charge is 0.302 e. The van der Waals surface area contributed by atoms with Crippen molar-refractivity contribution in [2.45, 2.75) is 25.7 Å². The van der Waals surface area contributed by atoms with E-state index >= 15 is 0 Å². The van der Waals surface area contributed by atoms with Gasteiger partial charge in [-0.15, -0.1) is 0 Å². The lowest BCUT2D eigenvalue weighted by Crippen LogP contribution is -1.94. The van der Waals surface area contributed by atoms with Crippen LogP contribution >= 0.6 is 11.6 Å². The molecule has 2 heterocycles. The normalized spacial score (nSPS) is 20.3. The van der Waals surface area contributed by atoms with Gasteiger partial charge in [-0.2, -0.15) is 0 Å². The van der Waals surface area contributed by atoms with Crippen molar-refractivity contribution in [2.75, 3.05) is 0 Å². The number of fused-ring (bicyclic) bond motifs is 3. The highest BCUT2D eigenvalue weighted by molar-refractivity contribution is 6.33. The molecule has 0 aliphatic heterocycles. The van der Waals surface area contributed by atoms with Crippen LogP contribution in [-0.2, 0) is 6.42 Å². The third-order valence-electron chi connectivity index (χ3n) is 3.00. The summed E-state index contributed by atoms with van der Waals surface area (Å²) in [5.74, 6) is 0.610. The Morgan fingerprint density at radius 1 is 1.57 bits per heavy atom. The lowest BCUT2D eigenvalue weighted by molar-refractivity contribution is 0.717. The minimum Gasteiger partial charge on any atom is -0.302 e. The molecule has 1 aliphatic rings. The van der Waals surface area contributed by atoms with Crippen molar-refractivity contribution in [3.8, 4) is 0 Å². The summed E-state index contributed by atoms with van der Waals surface area (Å²) in [4.78, 5) is 4.57. The minimum absolute atomic E-state index is 0.610. The average molecular weight is 207 g/mol. The highest BCUT2D eigenvalue weighted by atomic mass is 35.5. The molecule has 0 fully saturated rings. The fourth-order valence-corrected chi connectivity index (χ4v) is 2.50. The summed E-state index contributed by atoms with van der Waals surface area (Å²) >= 11 is 6.09. The molecule has 0 saturated carbocycles. The van der Waals surface area contributed by atoms with Crippen molar-refractivity contribution >= 4 is 17.2 Å². The van der Waals surface area contributed by atoms with Crippen molar-refractivity contribution in [3.63, 3.8) is 0 Å². The molecule has 72 valence electrons. The summed E-state index contributed by atoms with van der Waals surface area (Å²) in [6, 6.07) is 3.87. The van der Waals surface area contributed by atoms with E-state index < -0.39 is 0 Å². The van der Waals surface area contributed by atoms with E-state index in [1.165, 1.54) is 17.8 Å². The van der Waals surface area contributed by atoms with Gasteiger partial charge >= 0.3 is 0 Å². The molecule has 0 bridgehead atoms. The Balaban J connectivity index is 2.41. The van der Waals surface area contributed by atoms with E-state index in [4.69, 9.17) is 11.6 Å². The van der Waals surface area contributed by atoms with Crippen molar-refractivity contribution in [2.24, 2.45) is 0 Å². The number of rotatable bonds is 0. The molecule has 2 nitrogen and oxygen atoms in total. The second-order valence-corrected chi connectivity index (χ2v) is 4.34. The number of imidazole rings is 1. The molecule has 3 rings (SSSR count). The van der Waals surface area contributed by atoms with Crippen molar-refractivity contribution in [3.05, 3.63) is 34.7 Å².